The molecule has 2 aliphatic rings. The van der Waals surface area contributed by atoms with Crippen molar-refractivity contribution >= 4 is 17.3 Å². The minimum absolute atomic E-state index is 0.0197. The summed E-state index contributed by atoms with van der Waals surface area (Å²) in [5, 5.41) is 0. The van der Waals surface area contributed by atoms with E-state index in [4.69, 9.17) is 0 Å². The Morgan fingerprint density at radius 3 is 2.13 bits per heavy atom. The van der Waals surface area contributed by atoms with Crippen LogP contribution in [0.15, 0.2) is 47.6 Å². The standard InChI is InChI=1S/C18H16O3.C2H6/c1-10-7-8-12(11(2)19)9-15-16(10)18(21)14-6-4-3-5-13(14)17(15)20;1-2/h3-8,10,12H,9H2,1-2H3;1-2H3. The molecule has 0 fully saturated rings. The van der Waals surface area contributed by atoms with Crippen LogP contribution in [0.4, 0.5) is 0 Å². The zero-order valence-corrected chi connectivity index (χ0v) is 14.1. The largest absolute Gasteiger partial charge is 0.299 e. The maximum absolute atomic E-state index is 12.7. The van der Waals surface area contributed by atoms with Crippen LogP contribution in [-0.4, -0.2) is 17.3 Å². The first-order valence-corrected chi connectivity index (χ1v) is 8.11. The van der Waals surface area contributed by atoms with Gasteiger partial charge in [-0.1, -0.05) is 57.2 Å². The van der Waals surface area contributed by atoms with Crippen molar-refractivity contribution in [2.24, 2.45) is 11.8 Å². The molecule has 3 nitrogen and oxygen atoms in total. The van der Waals surface area contributed by atoms with Crippen LogP contribution in [0.1, 0.15) is 54.8 Å². The number of ketones is 3. The molecule has 0 bridgehead atoms. The predicted molar refractivity (Wildman–Crippen MR) is 90.6 cm³/mol. The average molecular weight is 310 g/mol. The summed E-state index contributed by atoms with van der Waals surface area (Å²) in [5.74, 6) is -0.633. The molecule has 2 unspecified atom stereocenters. The van der Waals surface area contributed by atoms with Crippen molar-refractivity contribution in [1.29, 1.82) is 0 Å². The topological polar surface area (TPSA) is 51.2 Å². The van der Waals surface area contributed by atoms with Crippen molar-refractivity contribution in [2.75, 3.05) is 0 Å². The zero-order chi connectivity index (χ0) is 17.1. The molecular formula is C20H22O3. The highest BCUT2D eigenvalue weighted by Crippen LogP contribution is 2.36. The summed E-state index contributed by atoms with van der Waals surface area (Å²) in [6, 6.07) is 6.91. The molecule has 0 spiro atoms. The molecular weight excluding hydrogens is 288 g/mol. The Bertz CT molecular complexity index is 722. The Hall–Kier alpha value is -2.29. The third-order valence-electron chi connectivity index (χ3n) is 4.29. The van der Waals surface area contributed by atoms with E-state index in [0.29, 0.717) is 28.7 Å². The van der Waals surface area contributed by atoms with E-state index in [1.54, 1.807) is 24.3 Å². The van der Waals surface area contributed by atoms with Gasteiger partial charge < -0.3 is 0 Å². The molecule has 0 aromatic heterocycles. The van der Waals surface area contributed by atoms with Gasteiger partial charge in [-0.25, -0.2) is 0 Å². The highest BCUT2D eigenvalue weighted by molar-refractivity contribution is 6.27. The molecule has 1 aromatic rings. The molecule has 3 rings (SSSR count). The van der Waals surface area contributed by atoms with Gasteiger partial charge in [0.1, 0.15) is 5.78 Å². The Balaban J connectivity index is 0.000000924. The molecule has 0 saturated heterocycles. The zero-order valence-electron chi connectivity index (χ0n) is 14.1. The summed E-state index contributed by atoms with van der Waals surface area (Å²) in [7, 11) is 0. The fourth-order valence-corrected chi connectivity index (χ4v) is 3.09. The lowest BCUT2D eigenvalue weighted by Gasteiger charge is -2.23. The molecule has 0 heterocycles. The Labute approximate surface area is 137 Å². The number of fused-ring (bicyclic) bond motifs is 1. The molecule has 2 aliphatic carbocycles. The normalized spacial score (nSPS) is 22.6. The van der Waals surface area contributed by atoms with Crippen LogP contribution in [0.3, 0.4) is 0 Å². The smallest absolute Gasteiger partial charge is 0.190 e. The maximum atomic E-state index is 12.7. The average Bonchev–Trinajstić information content (AvgIpc) is 2.74. The van der Waals surface area contributed by atoms with Crippen LogP contribution in [-0.2, 0) is 4.79 Å². The van der Waals surface area contributed by atoms with E-state index < -0.39 is 0 Å². The van der Waals surface area contributed by atoms with Crippen LogP contribution in [0.5, 0.6) is 0 Å². The molecule has 2 atom stereocenters. The summed E-state index contributed by atoms with van der Waals surface area (Å²) in [6.45, 7) is 7.42. The van der Waals surface area contributed by atoms with Crippen LogP contribution >= 0.6 is 0 Å². The molecule has 23 heavy (non-hydrogen) atoms. The number of allylic oxidation sites excluding steroid dienone is 4. The van der Waals surface area contributed by atoms with Gasteiger partial charge in [0.25, 0.3) is 0 Å². The van der Waals surface area contributed by atoms with E-state index in [9.17, 15) is 14.4 Å². The van der Waals surface area contributed by atoms with Gasteiger partial charge in [0.05, 0.1) is 0 Å². The van der Waals surface area contributed by atoms with E-state index in [1.165, 1.54) is 6.92 Å². The predicted octanol–water partition coefficient (Wildman–Crippen LogP) is 4.19. The highest BCUT2D eigenvalue weighted by Gasteiger charge is 2.36. The van der Waals surface area contributed by atoms with Crippen molar-refractivity contribution in [3.8, 4) is 0 Å². The van der Waals surface area contributed by atoms with E-state index in [0.717, 1.165) is 0 Å². The van der Waals surface area contributed by atoms with Crippen molar-refractivity contribution in [1.82, 2.24) is 0 Å². The van der Waals surface area contributed by atoms with Crippen LogP contribution < -0.4 is 0 Å². The van der Waals surface area contributed by atoms with Crippen molar-refractivity contribution in [3.05, 3.63) is 58.7 Å². The number of hydrogen-bond acceptors (Lipinski definition) is 3. The highest BCUT2D eigenvalue weighted by atomic mass is 16.1. The molecule has 1 aromatic carbocycles. The van der Waals surface area contributed by atoms with E-state index >= 15 is 0 Å². The summed E-state index contributed by atoms with van der Waals surface area (Å²) in [5.41, 5.74) is 2.00. The van der Waals surface area contributed by atoms with Crippen LogP contribution in [0.2, 0.25) is 0 Å². The minimum Gasteiger partial charge on any atom is -0.299 e. The van der Waals surface area contributed by atoms with Gasteiger partial charge >= 0.3 is 0 Å². The van der Waals surface area contributed by atoms with Gasteiger partial charge in [-0.15, -0.1) is 0 Å². The minimum atomic E-state index is -0.318. The first kappa shape index (κ1) is 17.1. The van der Waals surface area contributed by atoms with Gasteiger partial charge in [0, 0.05) is 34.1 Å². The van der Waals surface area contributed by atoms with Crippen LogP contribution in [0, 0.1) is 11.8 Å². The monoisotopic (exact) mass is 310 g/mol. The fourth-order valence-electron chi connectivity index (χ4n) is 3.09. The van der Waals surface area contributed by atoms with E-state index in [2.05, 4.69) is 0 Å². The van der Waals surface area contributed by atoms with Gasteiger partial charge in [-0.05, 0) is 13.3 Å². The maximum Gasteiger partial charge on any atom is 0.190 e. The number of Topliss-reactive ketones (excluding diaryl/α,β-unsaturated/α-hetero) is 3. The number of carbonyl (C=O) groups excluding carboxylic acids is 3. The van der Waals surface area contributed by atoms with E-state index in [1.807, 2.05) is 32.9 Å². The molecule has 0 radical (unpaired) electrons. The molecule has 0 N–H and O–H groups in total. The number of rotatable bonds is 1. The third-order valence-corrected chi connectivity index (χ3v) is 4.29. The Morgan fingerprint density at radius 1 is 1.00 bits per heavy atom. The summed E-state index contributed by atoms with van der Waals surface area (Å²) in [6.07, 6.45) is 4.02. The summed E-state index contributed by atoms with van der Waals surface area (Å²) in [4.78, 5) is 37.1. The molecule has 3 heteroatoms. The molecule has 120 valence electrons. The van der Waals surface area contributed by atoms with Crippen molar-refractivity contribution in [3.63, 3.8) is 0 Å². The SMILES string of the molecule is CC.CC(=O)C1C=CC(C)C2=C(C1)C(=O)c1ccccc1C2=O. The fraction of sp³-hybridized carbons (Fsp3) is 0.350. The third kappa shape index (κ3) is 2.96. The van der Waals surface area contributed by atoms with E-state index in [-0.39, 0.29) is 29.2 Å². The summed E-state index contributed by atoms with van der Waals surface area (Å²) >= 11 is 0. The lowest BCUT2D eigenvalue weighted by molar-refractivity contribution is -0.119. The van der Waals surface area contributed by atoms with Gasteiger partial charge in [0.2, 0.25) is 0 Å². The van der Waals surface area contributed by atoms with Gasteiger partial charge in [-0.2, -0.15) is 0 Å². The Morgan fingerprint density at radius 2 is 1.57 bits per heavy atom. The van der Waals surface area contributed by atoms with Gasteiger partial charge in [0.15, 0.2) is 11.6 Å². The molecule has 0 saturated carbocycles. The molecule has 0 aliphatic heterocycles. The summed E-state index contributed by atoms with van der Waals surface area (Å²) < 4.78 is 0. The number of benzene rings is 1. The lowest BCUT2D eigenvalue weighted by Crippen LogP contribution is -2.25. The second kappa shape index (κ2) is 6.86. The molecule has 0 amide bonds. The Kier molecular flexibility index (Phi) is 5.09. The quantitative estimate of drug-likeness (QED) is 0.731. The van der Waals surface area contributed by atoms with Crippen LogP contribution in [0.25, 0.3) is 0 Å². The first-order chi connectivity index (χ1) is 11.0. The van der Waals surface area contributed by atoms with Crippen molar-refractivity contribution in [2.45, 2.75) is 34.1 Å². The second-order valence-electron chi connectivity index (χ2n) is 5.69. The second-order valence-corrected chi connectivity index (χ2v) is 5.69. The lowest BCUT2D eigenvalue weighted by atomic mass is 9.78. The first-order valence-electron chi connectivity index (χ1n) is 8.11. The van der Waals surface area contributed by atoms with Gasteiger partial charge in [-0.3, -0.25) is 14.4 Å². The number of hydrogen-bond donors (Lipinski definition) is 0. The van der Waals surface area contributed by atoms with Crippen molar-refractivity contribution < 1.29 is 14.4 Å². The number of carbonyl (C=O) groups is 3.